The fourth-order valence-electron chi connectivity index (χ4n) is 2.94. The summed E-state index contributed by atoms with van der Waals surface area (Å²) in [6.07, 6.45) is -3.41. The van der Waals surface area contributed by atoms with Gasteiger partial charge in [0.05, 0.1) is 5.41 Å². The summed E-state index contributed by atoms with van der Waals surface area (Å²) in [4.78, 5) is 13.0. The van der Waals surface area contributed by atoms with Crippen LogP contribution in [-0.4, -0.2) is 24.0 Å². The van der Waals surface area contributed by atoms with E-state index in [9.17, 15) is 18.0 Å². The Morgan fingerprint density at radius 3 is 1.80 bits per heavy atom. The smallest absolute Gasteiger partial charge is 0.346 e. The number of nitrogens with one attached hydrogen (secondary N) is 1. The van der Waals surface area contributed by atoms with Gasteiger partial charge in [-0.05, 0) is 24.0 Å². The number of alkyl halides is 4. The summed E-state index contributed by atoms with van der Waals surface area (Å²) in [6.45, 7) is -1.35. The molecule has 0 atom stereocenters. The van der Waals surface area contributed by atoms with Crippen molar-refractivity contribution in [3.05, 3.63) is 71.8 Å². The largest absolute Gasteiger partial charge is 0.405 e. The number of hydrogen-bond donors (Lipinski definition) is 1. The van der Waals surface area contributed by atoms with Gasteiger partial charge in [-0.25, -0.2) is 0 Å². The van der Waals surface area contributed by atoms with Crippen LogP contribution in [0.15, 0.2) is 60.7 Å². The van der Waals surface area contributed by atoms with Crippen molar-refractivity contribution in [1.29, 1.82) is 0 Å². The molecule has 2 aromatic carbocycles. The predicted molar refractivity (Wildman–Crippen MR) is 95.8 cm³/mol. The molecular weight excluding hydrogens is 395 g/mol. The molecule has 0 radical (unpaired) electrons. The normalized spacial score (nSPS) is 12.0. The highest BCUT2D eigenvalue weighted by molar-refractivity contribution is 9.09. The molecule has 0 aliphatic rings. The van der Waals surface area contributed by atoms with Crippen molar-refractivity contribution in [1.82, 2.24) is 5.32 Å². The first-order chi connectivity index (χ1) is 11.9. The van der Waals surface area contributed by atoms with E-state index < -0.39 is 24.0 Å². The van der Waals surface area contributed by atoms with Gasteiger partial charge in [0, 0.05) is 5.33 Å². The second-order valence-electron chi connectivity index (χ2n) is 5.73. The average Bonchev–Trinajstić information content (AvgIpc) is 2.62. The van der Waals surface area contributed by atoms with Crippen molar-refractivity contribution in [2.45, 2.75) is 24.4 Å². The monoisotopic (exact) mass is 413 g/mol. The first-order valence-electron chi connectivity index (χ1n) is 7.92. The van der Waals surface area contributed by atoms with Crippen LogP contribution in [0.5, 0.6) is 0 Å². The number of hydrogen-bond acceptors (Lipinski definition) is 1. The Labute approximate surface area is 153 Å². The maximum absolute atomic E-state index is 13.0. The molecule has 0 heterocycles. The summed E-state index contributed by atoms with van der Waals surface area (Å²) in [5.41, 5.74) is 0.199. The summed E-state index contributed by atoms with van der Waals surface area (Å²) in [5.74, 6) is -0.636. The predicted octanol–water partition coefficient (Wildman–Crippen LogP) is 4.83. The van der Waals surface area contributed by atoms with Gasteiger partial charge in [0.25, 0.3) is 0 Å². The van der Waals surface area contributed by atoms with Crippen LogP contribution >= 0.6 is 15.9 Å². The molecule has 0 aliphatic carbocycles. The van der Waals surface area contributed by atoms with Crippen LogP contribution < -0.4 is 5.32 Å². The number of halogens is 4. The Morgan fingerprint density at radius 2 is 1.40 bits per heavy atom. The first-order valence-corrected chi connectivity index (χ1v) is 9.04. The molecule has 0 aliphatic heterocycles. The van der Waals surface area contributed by atoms with Crippen LogP contribution in [-0.2, 0) is 10.2 Å². The van der Waals surface area contributed by atoms with E-state index >= 15 is 0 Å². The molecule has 6 heteroatoms. The molecule has 2 aromatic rings. The molecule has 0 saturated heterocycles. The van der Waals surface area contributed by atoms with Gasteiger partial charge in [-0.2, -0.15) is 13.2 Å². The Hall–Kier alpha value is -1.82. The van der Waals surface area contributed by atoms with Crippen molar-refractivity contribution in [2.75, 3.05) is 11.9 Å². The summed E-state index contributed by atoms with van der Waals surface area (Å²) in [6, 6.07) is 17.9. The van der Waals surface area contributed by atoms with Crippen LogP contribution in [0.4, 0.5) is 13.2 Å². The molecular formula is C19H19BrF3NO. The molecule has 2 rings (SSSR count). The molecule has 2 nitrogen and oxygen atoms in total. The first kappa shape index (κ1) is 19.5. The molecule has 0 bridgehead atoms. The third-order valence-corrected chi connectivity index (χ3v) is 4.62. The molecule has 134 valence electrons. The summed E-state index contributed by atoms with van der Waals surface area (Å²) < 4.78 is 37.9. The zero-order valence-electron chi connectivity index (χ0n) is 13.5. The lowest BCUT2D eigenvalue weighted by atomic mass is 9.70. The minimum atomic E-state index is -4.45. The van der Waals surface area contributed by atoms with Gasteiger partial charge in [0.2, 0.25) is 5.91 Å². The van der Waals surface area contributed by atoms with Crippen LogP contribution in [0.25, 0.3) is 0 Å². The molecule has 0 spiro atoms. The van der Waals surface area contributed by atoms with E-state index in [1.165, 1.54) is 0 Å². The maximum atomic E-state index is 13.0. The standard InChI is InChI=1S/C19H19BrF3NO/c20-13-7-12-18(15-8-3-1-4-9-15,16-10-5-2-6-11-16)17(25)24-14-19(21,22)23/h1-6,8-11H,7,12-14H2,(H,24,25). The lowest BCUT2D eigenvalue weighted by molar-refractivity contribution is -0.141. The minimum Gasteiger partial charge on any atom is -0.346 e. The van der Waals surface area contributed by atoms with Crippen molar-refractivity contribution >= 4 is 21.8 Å². The average molecular weight is 414 g/mol. The zero-order chi connectivity index (χ0) is 18.3. The SMILES string of the molecule is O=C(NCC(F)(F)F)C(CCCBr)(c1ccccc1)c1ccccc1. The van der Waals surface area contributed by atoms with E-state index in [0.717, 1.165) is 0 Å². The van der Waals surface area contributed by atoms with E-state index in [1.54, 1.807) is 48.5 Å². The van der Waals surface area contributed by atoms with E-state index in [1.807, 2.05) is 12.1 Å². The molecule has 25 heavy (non-hydrogen) atoms. The van der Waals surface area contributed by atoms with E-state index in [-0.39, 0.29) is 0 Å². The summed E-state index contributed by atoms with van der Waals surface area (Å²) >= 11 is 3.36. The number of carbonyl (C=O) groups is 1. The second kappa shape index (κ2) is 8.52. The molecule has 1 N–H and O–H groups in total. The molecule has 1 amide bonds. The highest BCUT2D eigenvalue weighted by Gasteiger charge is 2.42. The number of rotatable bonds is 7. The lowest BCUT2D eigenvalue weighted by Gasteiger charge is -2.34. The van der Waals surface area contributed by atoms with Gasteiger partial charge >= 0.3 is 6.18 Å². The van der Waals surface area contributed by atoms with Crippen molar-refractivity contribution in [2.24, 2.45) is 0 Å². The van der Waals surface area contributed by atoms with Crippen LogP contribution in [0.3, 0.4) is 0 Å². The third-order valence-electron chi connectivity index (χ3n) is 4.06. The Morgan fingerprint density at radius 1 is 0.920 bits per heavy atom. The lowest BCUT2D eigenvalue weighted by Crippen LogP contribution is -2.48. The molecule has 0 unspecified atom stereocenters. The molecule has 0 saturated carbocycles. The third kappa shape index (κ3) is 4.84. The highest BCUT2D eigenvalue weighted by Crippen LogP contribution is 2.37. The fourth-order valence-corrected chi connectivity index (χ4v) is 3.22. The van der Waals surface area contributed by atoms with Crippen LogP contribution in [0.1, 0.15) is 24.0 Å². The van der Waals surface area contributed by atoms with Crippen LogP contribution in [0.2, 0.25) is 0 Å². The van der Waals surface area contributed by atoms with Crippen molar-refractivity contribution < 1.29 is 18.0 Å². The maximum Gasteiger partial charge on any atom is 0.405 e. The van der Waals surface area contributed by atoms with E-state index in [4.69, 9.17) is 0 Å². The van der Waals surface area contributed by atoms with Gasteiger partial charge in [0.15, 0.2) is 0 Å². The van der Waals surface area contributed by atoms with E-state index in [0.29, 0.717) is 29.3 Å². The summed E-state index contributed by atoms with van der Waals surface area (Å²) in [5, 5.41) is 2.74. The topological polar surface area (TPSA) is 29.1 Å². The molecule has 0 aromatic heterocycles. The van der Waals surface area contributed by atoms with Crippen LogP contribution in [0, 0.1) is 0 Å². The van der Waals surface area contributed by atoms with Crippen molar-refractivity contribution in [3.8, 4) is 0 Å². The van der Waals surface area contributed by atoms with Gasteiger partial charge in [-0.3, -0.25) is 4.79 Å². The minimum absolute atomic E-state index is 0.399. The second-order valence-corrected chi connectivity index (χ2v) is 6.52. The van der Waals surface area contributed by atoms with Crippen molar-refractivity contribution in [3.63, 3.8) is 0 Å². The number of carbonyl (C=O) groups excluding carboxylic acids is 1. The molecule has 0 fully saturated rings. The zero-order valence-corrected chi connectivity index (χ0v) is 15.1. The van der Waals surface area contributed by atoms with Gasteiger partial charge < -0.3 is 5.32 Å². The quantitative estimate of drug-likeness (QED) is 0.647. The number of benzene rings is 2. The highest BCUT2D eigenvalue weighted by atomic mass is 79.9. The fraction of sp³-hybridized carbons (Fsp3) is 0.316. The van der Waals surface area contributed by atoms with Gasteiger partial charge in [-0.15, -0.1) is 0 Å². The summed E-state index contributed by atoms with van der Waals surface area (Å²) in [7, 11) is 0. The van der Waals surface area contributed by atoms with Gasteiger partial charge in [0.1, 0.15) is 6.54 Å². The Kier molecular flexibility index (Phi) is 6.64. The Balaban J connectivity index is 2.53. The van der Waals surface area contributed by atoms with Gasteiger partial charge in [-0.1, -0.05) is 76.6 Å². The number of amides is 1. The van der Waals surface area contributed by atoms with E-state index in [2.05, 4.69) is 21.2 Å². The Bertz CT molecular complexity index is 635.